The van der Waals surface area contributed by atoms with E-state index in [1.807, 2.05) is 43.3 Å². The van der Waals surface area contributed by atoms with E-state index in [4.69, 9.17) is 9.47 Å². The molecule has 1 atom stereocenters. The van der Waals surface area contributed by atoms with Crippen LogP contribution >= 0.6 is 0 Å². The number of carboxylic acids is 1. The Morgan fingerprint density at radius 1 is 0.938 bits per heavy atom. The predicted octanol–water partition coefficient (Wildman–Crippen LogP) is 5.14. The zero-order valence-electron chi connectivity index (χ0n) is 17.8. The van der Waals surface area contributed by atoms with E-state index in [1.54, 1.807) is 24.3 Å². The summed E-state index contributed by atoms with van der Waals surface area (Å²) in [5.74, 6) is -0.553. The molecule has 0 bridgehead atoms. The highest BCUT2D eigenvalue weighted by atomic mass is 16.5. The van der Waals surface area contributed by atoms with Gasteiger partial charge in [0.25, 0.3) is 0 Å². The van der Waals surface area contributed by atoms with Crippen LogP contribution in [0.3, 0.4) is 0 Å². The van der Waals surface area contributed by atoms with Crippen LogP contribution in [-0.4, -0.2) is 30.4 Å². The number of alkyl carbamates (subject to hydrolysis) is 1. The second-order valence-corrected chi connectivity index (χ2v) is 7.59. The molecule has 2 N–H and O–H groups in total. The van der Waals surface area contributed by atoms with E-state index in [1.165, 1.54) is 0 Å². The molecule has 0 aliphatic heterocycles. The van der Waals surface area contributed by atoms with E-state index < -0.39 is 18.1 Å². The Balaban J connectivity index is 1.50. The monoisotopic (exact) mass is 431 g/mol. The lowest BCUT2D eigenvalue weighted by molar-refractivity contribution is -0.137. The molecule has 164 valence electrons. The Labute approximate surface area is 186 Å². The fourth-order valence-electron chi connectivity index (χ4n) is 4.25. The maximum Gasteiger partial charge on any atom is 0.407 e. The third-order valence-electron chi connectivity index (χ3n) is 5.61. The van der Waals surface area contributed by atoms with Gasteiger partial charge in [-0.3, -0.25) is 4.79 Å². The Kier molecular flexibility index (Phi) is 6.40. The van der Waals surface area contributed by atoms with Crippen molar-refractivity contribution < 1.29 is 24.2 Å². The lowest BCUT2D eigenvalue weighted by Crippen LogP contribution is -2.32. The van der Waals surface area contributed by atoms with Crippen LogP contribution in [0, 0.1) is 0 Å². The van der Waals surface area contributed by atoms with Crippen molar-refractivity contribution in [3.05, 3.63) is 89.5 Å². The number of ether oxygens (including phenoxy) is 2. The molecule has 1 unspecified atom stereocenters. The number of aliphatic carboxylic acids is 1. The van der Waals surface area contributed by atoms with Crippen LogP contribution in [0.15, 0.2) is 72.8 Å². The SMILES string of the molecule is CCOc1ccccc1C(CC(=O)O)NC(=O)OCC1c2ccccc2-c2ccccc21. The molecule has 0 radical (unpaired) electrons. The van der Waals surface area contributed by atoms with Crippen LogP contribution in [-0.2, 0) is 9.53 Å². The topological polar surface area (TPSA) is 84.9 Å². The van der Waals surface area contributed by atoms with Gasteiger partial charge in [-0.25, -0.2) is 4.79 Å². The zero-order chi connectivity index (χ0) is 22.5. The first-order valence-electron chi connectivity index (χ1n) is 10.6. The molecule has 1 aliphatic rings. The molecular weight excluding hydrogens is 406 g/mol. The largest absolute Gasteiger partial charge is 0.494 e. The van der Waals surface area contributed by atoms with Gasteiger partial charge < -0.3 is 19.9 Å². The number of hydrogen-bond acceptors (Lipinski definition) is 4. The Bertz CT molecular complexity index is 1080. The van der Waals surface area contributed by atoms with Crippen molar-refractivity contribution in [1.29, 1.82) is 0 Å². The summed E-state index contributed by atoms with van der Waals surface area (Å²) in [7, 11) is 0. The molecule has 0 fully saturated rings. The number of rotatable bonds is 8. The number of carbonyl (C=O) groups is 2. The number of para-hydroxylation sites is 1. The molecule has 32 heavy (non-hydrogen) atoms. The number of benzene rings is 3. The minimum atomic E-state index is -1.03. The van der Waals surface area contributed by atoms with Gasteiger partial charge in [0.15, 0.2) is 0 Å². The number of amides is 1. The molecule has 0 aromatic heterocycles. The van der Waals surface area contributed by atoms with Gasteiger partial charge in [-0.05, 0) is 35.2 Å². The highest BCUT2D eigenvalue weighted by Crippen LogP contribution is 2.44. The van der Waals surface area contributed by atoms with E-state index in [0.717, 1.165) is 22.3 Å². The van der Waals surface area contributed by atoms with Gasteiger partial charge in [-0.1, -0.05) is 66.7 Å². The number of carboxylic acid groups (broad SMARTS) is 1. The van der Waals surface area contributed by atoms with Crippen molar-refractivity contribution in [2.24, 2.45) is 0 Å². The molecule has 0 saturated heterocycles. The lowest BCUT2D eigenvalue weighted by Gasteiger charge is -2.21. The summed E-state index contributed by atoms with van der Waals surface area (Å²) in [4.78, 5) is 24.1. The molecule has 0 heterocycles. The zero-order valence-corrected chi connectivity index (χ0v) is 17.8. The van der Waals surface area contributed by atoms with E-state index in [2.05, 4.69) is 17.4 Å². The van der Waals surface area contributed by atoms with Gasteiger partial charge in [0.2, 0.25) is 0 Å². The normalized spacial score (nSPS) is 13.0. The van der Waals surface area contributed by atoms with Gasteiger partial charge in [0.1, 0.15) is 12.4 Å². The maximum absolute atomic E-state index is 12.7. The molecule has 6 nitrogen and oxygen atoms in total. The molecule has 3 aromatic carbocycles. The number of fused-ring (bicyclic) bond motifs is 3. The quantitative estimate of drug-likeness (QED) is 0.516. The number of hydrogen-bond donors (Lipinski definition) is 2. The first-order chi connectivity index (χ1) is 15.6. The second-order valence-electron chi connectivity index (χ2n) is 7.59. The molecule has 3 aromatic rings. The number of nitrogens with one attached hydrogen (secondary N) is 1. The Morgan fingerprint density at radius 2 is 1.53 bits per heavy atom. The van der Waals surface area contributed by atoms with Crippen molar-refractivity contribution >= 4 is 12.1 Å². The highest BCUT2D eigenvalue weighted by Gasteiger charge is 2.29. The second kappa shape index (κ2) is 9.56. The van der Waals surface area contributed by atoms with E-state index in [0.29, 0.717) is 17.9 Å². The van der Waals surface area contributed by atoms with Crippen LogP contribution in [0.4, 0.5) is 4.79 Å². The molecule has 1 amide bonds. The standard InChI is InChI=1S/C26H25NO5/c1-2-31-24-14-8-7-13-21(24)23(15-25(28)29)27-26(30)32-16-22-19-11-5-3-9-17(19)18-10-4-6-12-20(18)22/h3-14,22-23H,2,15-16H2,1H3,(H,27,30)(H,28,29). The minimum Gasteiger partial charge on any atom is -0.494 e. The van der Waals surface area contributed by atoms with E-state index >= 15 is 0 Å². The first-order valence-corrected chi connectivity index (χ1v) is 10.6. The summed E-state index contributed by atoms with van der Waals surface area (Å²) in [6, 6.07) is 22.5. The van der Waals surface area contributed by atoms with Crippen molar-refractivity contribution in [1.82, 2.24) is 5.32 Å². The van der Waals surface area contributed by atoms with Crippen LogP contribution in [0.5, 0.6) is 5.75 Å². The highest BCUT2D eigenvalue weighted by molar-refractivity contribution is 5.79. The third kappa shape index (κ3) is 4.44. The average molecular weight is 431 g/mol. The maximum atomic E-state index is 12.7. The van der Waals surface area contributed by atoms with Gasteiger partial charge in [0.05, 0.1) is 19.1 Å². The van der Waals surface area contributed by atoms with Crippen LogP contribution in [0.25, 0.3) is 11.1 Å². The van der Waals surface area contributed by atoms with Gasteiger partial charge in [0, 0.05) is 11.5 Å². The molecule has 4 rings (SSSR count). The summed E-state index contributed by atoms with van der Waals surface area (Å²) in [5, 5.41) is 12.1. The van der Waals surface area contributed by atoms with Crippen molar-refractivity contribution in [3.63, 3.8) is 0 Å². The summed E-state index contributed by atoms with van der Waals surface area (Å²) >= 11 is 0. The molecule has 0 spiro atoms. The summed E-state index contributed by atoms with van der Waals surface area (Å²) < 4.78 is 11.2. The molecule has 6 heteroatoms. The van der Waals surface area contributed by atoms with Crippen LogP contribution in [0.1, 0.15) is 42.0 Å². The predicted molar refractivity (Wildman–Crippen MR) is 121 cm³/mol. The van der Waals surface area contributed by atoms with E-state index in [9.17, 15) is 14.7 Å². The minimum absolute atomic E-state index is 0.0678. The van der Waals surface area contributed by atoms with Gasteiger partial charge >= 0.3 is 12.1 Å². The average Bonchev–Trinajstić information content (AvgIpc) is 3.11. The van der Waals surface area contributed by atoms with Gasteiger partial charge in [-0.15, -0.1) is 0 Å². The Morgan fingerprint density at radius 3 is 2.16 bits per heavy atom. The van der Waals surface area contributed by atoms with E-state index in [-0.39, 0.29) is 18.9 Å². The number of carbonyl (C=O) groups excluding carboxylic acids is 1. The summed E-state index contributed by atoms with van der Waals surface area (Å²) in [6.07, 6.45) is -0.946. The lowest BCUT2D eigenvalue weighted by atomic mass is 9.98. The van der Waals surface area contributed by atoms with Crippen LogP contribution < -0.4 is 10.1 Å². The van der Waals surface area contributed by atoms with Gasteiger partial charge in [-0.2, -0.15) is 0 Å². The summed E-state index contributed by atoms with van der Waals surface area (Å²) in [6.45, 7) is 2.44. The fraction of sp³-hybridized carbons (Fsp3) is 0.231. The molecule has 1 aliphatic carbocycles. The van der Waals surface area contributed by atoms with Crippen molar-refractivity contribution in [2.75, 3.05) is 13.2 Å². The third-order valence-corrected chi connectivity index (χ3v) is 5.61. The first kappa shape index (κ1) is 21.4. The smallest absolute Gasteiger partial charge is 0.407 e. The fourth-order valence-corrected chi connectivity index (χ4v) is 4.25. The van der Waals surface area contributed by atoms with Crippen LogP contribution in [0.2, 0.25) is 0 Å². The molecule has 0 saturated carbocycles. The summed E-state index contributed by atoms with van der Waals surface area (Å²) in [5.41, 5.74) is 5.12. The Hall–Kier alpha value is -3.80. The van der Waals surface area contributed by atoms with Crippen molar-refractivity contribution in [2.45, 2.75) is 25.3 Å². The van der Waals surface area contributed by atoms with Crippen molar-refractivity contribution in [3.8, 4) is 16.9 Å². The molecular formula is C26H25NO5.